The molecule has 0 radical (unpaired) electrons. The molecular weight excluding hydrogens is 398 g/mol. The topological polar surface area (TPSA) is 83.8 Å². The van der Waals surface area contributed by atoms with E-state index >= 15 is 0 Å². The molecule has 0 bridgehead atoms. The summed E-state index contributed by atoms with van der Waals surface area (Å²) in [5.74, 6) is -0.878. The first-order valence-corrected chi connectivity index (χ1v) is 9.86. The van der Waals surface area contributed by atoms with Gasteiger partial charge in [-0.25, -0.2) is 4.79 Å². The standard InChI is InChI=1S/C24H25NO6/c1-15-11-19(16(2)25(15)10-9-23(27)30-4)21(26)14-31-24(28)20-12-17-7-5-6-8-18(17)13-22(20)29-3/h5-8,11-13H,9-10,14H2,1-4H3. The Morgan fingerprint density at radius 2 is 1.61 bits per heavy atom. The molecule has 31 heavy (non-hydrogen) atoms. The second kappa shape index (κ2) is 9.47. The normalized spacial score (nSPS) is 10.7. The van der Waals surface area contributed by atoms with Crippen LogP contribution in [-0.4, -0.2) is 43.1 Å². The number of fused-ring (bicyclic) bond motifs is 1. The van der Waals surface area contributed by atoms with Crippen LogP contribution in [0.15, 0.2) is 42.5 Å². The number of methoxy groups -OCH3 is 2. The average molecular weight is 423 g/mol. The van der Waals surface area contributed by atoms with E-state index in [1.54, 1.807) is 25.1 Å². The van der Waals surface area contributed by atoms with E-state index in [0.717, 1.165) is 16.5 Å². The second-order valence-electron chi connectivity index (χ2n) is 7.16. The third-order valence-corrected chi connectivity index (χ3v) is 5.26. The van der Waals surface area contributed by atoms with E-state index in [1.165, 1.54) is 14.2 Å². The Hall–Kier alpha value is -3.61. The highest BCUT2D eigenvalue weighted by atomic mass is 16.5. The number of ketones is 1. The molecule has 0 aliphatic rings. The molecule has 0 aliphatic carbocycles. The van der Waals surface area contributed by atoms with Gasteiger partial charge in [0, 0.05) is 23.5 Å². The van der Waals surface area contributed by atoms with Crippen LogP contribution in [0.3, 0.4) is 0 Å². The minimum Gasteiger partial charge on any atom is -0.496 e. The van der Waals surface area contributed by atoms with Crippen LogP contribution in [0.1, 0.15) is 38.5 Å². The van der Waals surface area contributed by atoms with E-state index in [4.69, 9.17) is 9.47 Å². The van der Waals surface area contributed by atoms with Gasteiger partial charge < -0.3 is 18.8 Å². The zero-order chi connectivity index (χ0) is 22.5. The molecule has 162 valence electrons. The molecule has 0 unspecified atom stereocenters. The number of benzene rings is 2. The Bertz CT molecular complexity index is 1140. The fourth-order valence-corrected chi connectivity index (χ4v) is 3.57. The number of carbonyl (C=O) groups is 3. The molecule has 3 rings (SSSR count). The largest absolute Gasteiger partial charge is 0.496 e. The van der Waals surface area contributed by atoms with Gasteiger partial charge in [0.05, 0.1) is 20.6 Å². The SMILES string of the molecule is COC(=O)CCn1c(C)cc(C(=O)COC(=O)c2cc3ccccc3cc2OC)c1C. The fraction of sp³-hybridized carbons (Fsp3) is 0.292. The fourth-order valence-electron chi connectivity index (χ4n) is 3.57. The van der Waals surface area contributed by atoms with Gasteiger partial charge in [-0.3, -0.25) is 9.59 Å². The van der Waals surface area contributed by atoms with Crippen LogP contribution >= 0.6 is 0 Å². The first-order chi connectivity index (χ1) is 14.8. The Balaban J connectivity index is 1.73. The van der Waals surface area contributed by atoms with Crippen LogP contribution in [0.2, 0.25) is 0 Å². The van der Waals surface area contributed by atoms with Crippen LogP contribution in [-0.2, 0) is 20.8 Å². The van der Waals surface area contributed by atoms with Gasteiger partial charge in [-0.05, 0) is 42.8 Å². The van der Waals surface area contributed by atoms with Crippen molar-refractivity contribution >= 4 is 28.5 Å². The molecule has 0 aliphatic heterocycles. The van der Waals surface area contributed by atoms with Crippen molar-refractivity contribution in [2.75, 3.05) is 20.8 Å². The lowest BCUT2D eigenvalue weighted by molar-refractivity contribution is -0.140. The van der Waals surface area contributed by atoms with Crippen LogP contribution in [0.4, 0.5) is 0 Å². The molecule has 0 saturated heterocycles. The summed E-state index contributed by atoms with van der Waals surface area (Å²) in [6, 6.07) is 12.8. The van der Waals surface area contributed by atoms with E-state index in [-0.39, 0.29) is 23.7 Å². The van der Waals surface area contributed by atoms with E-state index in [2.05, 4.69) is 4.74 Å². The smallest absolute Gasteiger partial charge is 0.342 e. The number of rotatable bonds is 8. The maximum Gasteiger partial charge on any atom is 0.342 e. The van der Waals surface area contributed by atoms with Gasteiger partial charge in [0.2, 0.25) is 5.78 Å². The molecule has 0 N–H and O–H groups in total. The number of hydrogen-bond acceptors (Lipinski definition) is 6. The maximum absolute atomic E-state index is 12.7. The number of ether oxygens (including phenoxy) is 3. The van der Waals surface area contributed by atoms with Crippen LogP contribution in [0.25, 0.3) is 10.8 Å². The van der Waals surface area contributed by atoms with Crippen molar-refractivity contribution in [3.63, 3.8) is 0 Å². The number of nitrogens with zero attached hydrogens (tertiary/aromatic N) is 1. The molecule has 3 aromatic rings. The van der Waals surface area contributed by atoms with Crippen LogP contribution in [0.5, 0.6) is 5.75 Å². The Morgan fingerprint density at radius 1 is 0.935 bits per heavy atom. The lowest BCUT2D eigenvalue weighted by Gasteiger charge is -2.11. The summed E-state index contributed by atoms with van der Waals surface area (Å²) in [5.41, 5.74) is 2.27. The predicted molar refractivity (Wildman–Crippen MR) is 116 cm³/mol. The van der Waals surface area contributed by atoms with Crippen LogP contribution < -0.4 is 4.74 Å². The van der Waals surface area contributed by atoms with Crippen molar-refractivity contribution < 1.29 is 28.6 Å². The van der Waals surface area contributed by atoms with Crippen LogP contribution in [0, 0.1) is 13.8 Å². The van der Waals surface area contributed by atoms with Crippen molar-refractivity contribution in [3.05, 3.63) is 65.0 Å². The lowest BCUT2D eigenvalue weighted by Crippen LogP contribution is -2.16. The maximum atomic E-state index is 12.7. The molecule has 1 aromatic heterocycles. The predicted octanol–water partition coefficient (Wildman–Crippen LogP) is 3.87. The van der Waals surface area contributed by atoms with Gasteiger partial charge in [-0.1, -0.05) is 24.3 Å². The third kappa shape index (κ3) is 4.77. The molecule has 0 spiro atoms. The minimum absolute atomic E-state index is 0.206. The molecule has 0 atom stereocenters. The Morgan fingerprint density at radius 3 is 2.26 bits per heavy atom. The second-order valence-corrected chi connectivity index (χ2v) is 7.16. The van der Waals surface area contributed by atoms with Gasteiger partial charge >= 0.3 is 11.9 Å². The summed E-state index contributed by atoms with van der Waals surface area (Å²) in [6.45, 7) is 3.67. The van der Waals surface area contributed by atoms with Crippen molar-refractivity contribution in [1.82, 2.24) is 4.57 Å². The average Bonchev–Trinajstić information content (AvgIpc) is 3.07. The lowest BCUT2D eigenvalue weighted by atomic mass is 10.1. The van der Waals surface area contributed by atoms with E-state index in [1.807, 2.05) is 35.8 Å². The Kier molecular flexibility index (Phi) is 6.74. The molecule has 0 fully saturated rings. The third-order valence-electron chi connectivity index (χ3n) is 5.26. The van der Waals surface area contributed by atoms with Crippen molar-refractivity contribution in [3.8, 4) is 5.75 Å². The quantitative estimate of drug-likeness (QED) is 0.404. The van der Waals surface area contributed by atoms with E-state index in [0.29, 0.717) is 23.6 Å². The summed E-state index contributed by atoms with van der Waals surface area (Å²) in [5, 5.41) is 1.81. The van der Waals surface area contributed by atoms with E-state index < -0.39 is 12.6 Å². The summed E-state index contributed by atoms with van der Waals surface area (Å²) in [4.78, 5) is 36.8. The molecule has 7 heteroatoms. The number of esters is 2. The van der Waals surface area contributed by atoms with Crippen molar-refractivity contribution in [2.24, 2.45) is 0 Å². The number of aryl methyl sites for hydroxylation is 1. The first kappa shape index (κ1) is 22.1. The first-order valence-electron chi connectivity index (χ1n) is 9.86. The monoisotopic (exact) mass is 423 g/mol. The highest BCUT2D eigenvalue weighted by Crippen LogP contribution is 2.26. The molecule has 0 saturated carbocycles. The number of aromatic nitrogens is 1. The zero-order valence-corrected chi connectivity index (χ0v) is 18.1. The van der Waals surface area contributed by atoms with Gasteiger partial charge in [0.15, 0.2) is 6.61 Å². The van der Waals surface area contributed by atoms with Crippen molar-refractivity contribution in [1.29, 1.82) is 0 Å². The summed E-state index contributed by atoms with van der Waals surface area (Å²) in [7, 11) is 2.82. The molecule has 0 amide bonds. The molecule has 1 heterocycles. The number of hydrogen-bond donors (Lipinski definition) is 0. The van der Waals surface area contributed by atoms with Gasteiger partial charge in [-0.2, -0.15) is 0 Å². The number of carbonyl (C=O) groups excluding carboxylic acids is 3. The summed E-state index contributed by atoms with van der Waals surface area (Å²) < 4.78 is 17.2. The zero-order valence-electron chi connectivity index (χ0n) is 18.1. The summed E-state index contributed by atoms with van der Waals surface area (Å²) in [6.07, 6.45) is 0.206. The molecular formula is C24H25NO6. The molecule has 7 nitrogen and oxygen atoms in total. The van der Waals surface area contributed by atoms with Gasteiger partial charge in [0.25, 0.3) is 0 Å². The van der Waals surface area contributed by atoms with Crippen molar-refractivity contribution in [2.45, 2.75) is 26.8 Å². The minimum atomic E-state index is -0.629. The highest BCUT2D eigenvalue weighted by molar-refractivity contribution is 6.02. The van der Waals surface area contributed by atoms with E-state index in [9.17, 15) is 14.4 Å². The Labute approximate surface area is 180 Å². The summed E-state index contributed by atoms with van der Waals surface area (Å²) >= 11 is 0. The van der Waals surface area contributed by atoms with Gasteiger partial charge in [0.1, 0.15) is 11.3 Å². The highest BCUT2D eigenvalue weighted by Gasteiger charge is 2.20. The van der Waals surface area contributed by atoms with Gasteiger partial charge in [-0.15, -0.1) is 0 Å². The number of Topliss-reactive ketones (excluding diaryl/α,β-unsaturated/α-hetero) is 1. The molecule has 2 aromatic carbocycles.